The molecule has 0 aliphatic heterocycles. The summed E-state index contributed by atoms with van der Waals surface area (Å²) >= 11 is 3.32. The lowest BCUT2D eigenvalue weighted by molar-refractivity contribution is -0.155. The molecule has 1 heterocycles. The molecule has 0 aliphatic carbocycles. The van der Waals surface area contributed by atoms with Crippen molar-refractivity contribution in [2.24, 2.45) is 0 Å². The van der Waals surface area contributed by atoms with Crippen LogP contribution in [-0.2, 0) is 15.1 Å². The Labute approximate surface area is 128 Å². The zero-order valence-corrected chi connectivity index (χ0v) is 13.8. The van der Waals surface area contributed by atoms with Gasteiger partial charge in [0.2, 0.25) is 0 Å². The number of nitrogens with zero attached hydrogens (tertiary/aromatic N) is 2. The van der Waals surface area contributed by atoms with Crippen molar-refractivity contribution in [3.8, 4) is 0 Å². The van der Waals surface area contributed by atoms with Crippen LogP contribution in [0.15, 0.2) is 22.8 Å². The van der Waals surface area contributed by atoms with E-state index in [0.29, 0.717) is 12.1 Å². The first-order valence-electron chi connectivity index (χ1n) is 6.39. The fourth-order valence-electron chi connectivity index (χ4n) is 1.67. The van der Waals surface area contributed by atoms with Crippen molar-refractivity contribution in [1.82, 2.24) is 4.98 Å². The smallest absolute Gasteiger partial charge is 0.306 e. The monoisotopic (exact) mass is 338 g/mol. The van der Waals surface area contributed by atoms with Crippen LogP contribution in [0.4, 0.5) is 0 Å². The first-order chi connectivity index (χ1) is 9.16. The van der Waals surface area contributed by atoms with Gasteiger partial charge in [-0.05, 0) is 48.8 Å². The fraction of sp³-hybridized carbons (Fsp3) is 0.533. The zero-order chi connectivity index (χ0) is 15.4. The van der Waals surface area contributed by atoms with E-state index in [0.717, 1.165) is 4.47 Å². The van der Waals surface area contributed by atoms with E-state index in [9.17, 15) is 4.79 Å². The number of esters is 1. The van der Waals surface area contributed by atoms with Crippen LogP contribution in [0, 0.1) is 6.57 Å². The third kappa shape index (κ3) is 4.93. The van der Waals surface area contributed by atoms with Crippen molar-refractivity contribution in [2.45, 2.75) is 51.7 Å². The second kappa shape index (κ2) is 6.36. The number of carbonyl (C=O) groups excluding carboxylic acids is 1. The Kier molecular flexibility index (Phi) is 5.29. The Morgan fingerprint density at radius 1 is 1.40 bits per heavy atom. The molecular weight excluding hydrogens is 320 g/mol. The second-order valence-electron chi connectivity index (χ2n) is 5.83. The molecule has 0 bridgehead atoms. The van der Waals surface area contributed by atoms with E-state index in [2.05, 4.69) is 25.8 Å². The topological polar surface area (TPSA) is 43.5 Å². The molecule has 5 heteroatoms. The Balaban J connectivity index is 2.74. The van der Waals surface area contributed by atoms with Gasteiger partial charge in [0.25, 0.3) is 5.54 Å². The lowest BCUT2D eigenvalue weighted by atomic mass is 9.92. The Bertz CT molecular complexity index is 514. The van der Waals surface area contributed by atoms with Crippen molar-refractivity contribution in [3.63, 3.8) is 0 Å². The molecule has 108 valence electrons. The summed E-state index contributed by atoms with van der Waals surface area (Å²) in [7, 11) is 0. The lowest BCUT2D eigenvalue weighted by Gasteiger charge is -2.21. The highest BCUT2D eigenvalue weighted by atomic mass is 79.9. The van der Waals surface area contributed by atoms with Gasteiger partial charge in [0.05, 0.1) is 6.42 Å². The molecule has 0 fully saturated rings. The Morgan fingerprint density at radius 3 is 2.50 bits per heavy atom. The van der Waals surface area contributed by atoms with Crippen LogP contribution in [0.5, 0.6) is 0 Å². The summed E-state index contributed by atoms with van der Waals surface area (Å²) in [6.07, 6.45) is 2.25. The SMILES string of the molecule is [C-]#[N+]C(C)(CCC(=O)OC(C)(C)C)c1ccc(Br)cn1. The summed E-state index contributed by atoms with van der Waals surface area (Å²) < 4.78 is 6.12. The van der Waals surface area contributed by atoms with Crippen LogP contribution in [0.25, 0.3) is 4.85 Å². The summed E-state index contributed by atoms with van der Waals surface area (Å²) in [5.41, 5.74) is -0.641. The van der Waals surface area contributed by atoms with Crippen LogP contribution in [-0.4, -0.2) is 16.6 Å². The van der Waals surface area contributed by atoms with Gasteiger partial charge in [-0.25, -0.2) is 6.57 Å². The normalized spacial score (nSPS) is 14.2. The first kappa shape index (κ1) is 16.6. The van der Waals surface area contributed by atoms with Crippen molar-refractivity contribution < 1.29 is 9.53 Å². The largest absolute Gasteiger partial charge is 0.460 e. The Morgan fingerprint density at radius 2 is 2.05 bits per heavy atom. The maximum absolute atomic E-state index is 11.8. The lowest BCUT2D eigenvalue weighted by Crippen LogP contribution is -2.26. The van der Waals surface area contributed by atoms with Crippen molar-refractivity contribution >= 4 is 21.9 Å². The van der Waals surface area contributed by atoms with Crippen molar-refractivity contribution in [2.75, 3.05) is 0 Å². The quantitative estimate of drug-likeness (QED) is 0.613. The van der Waals surface area contributed by atoms with E-state index in [4.69, 9.17) is 11.3 Å². The van der Waals surface area contributed by atoms with Crippen molar-refractivity contribution in [1.29, 1.82) is 0 Å². The second-order valence-corrected chi connectivity index (χ2v) is 6.75. The molecule has 1 aromatic heterocycles. The summed E-state index contributed by atoms with van der Waals surface area (Å²) in [5, 5.41) is 0. The maximum Gasteiger partial charge on any atom is 0.306 e. The minimum atomic E-state index is -0.808. The molecule has 4 nitrogen and oxygen atoms in total. The predicted molar refractivity (Wildman–Crippen MR) is 81.0 cm³/mol. The fourth-order valence-corrected chi connectivity index (χ4v) is 1.91. The van der Waals surface area contributed by atoms with Gasteiger partial charge in [0.15, 0.2) is 0 Å². The van der Waals surface area contributed by atoms with Crippen LogP contribution in [0.2, 0.25) is 0 Å². The van der Waals surface area contributed by atoms with E-state index in [1.807, 2.05) is 26.8 Å². The molecule has 0 saturated heterocycles. The average Bonchev–Trinajstić information content (AvgIpc) is 2.35. The summed E-state index contributed by atoms with van der Waals surface area (Å²) in [6.45, 7) is 14.7. The number of hydrogen-bond donors (Lipinski definition) is 0. The van der Waals surface area contributed by atoms with Gasteiger partial charge in [-0.15, -0.1) is 0 Å². The van der Waals surface area contributed by atoms with Crippen LogP contribution >= 0.6 is 15.9 Å². The number of aromatic nitrogens is 1. The number of hydrogen-bond acceptors (Lipinski definition) is 3. The minimum Gasteiger partial charge on any atom is -0.460 e. The van der Waals surface area contributed by atoms with E-state index in [1.54, 1.807) is 19.2 Å². The van der Waals surface area contributed by atoms with Gasteiger partial charge in [-0.2, -0.15) is 0 Å². The van der Waals surface area contributed by atoms with E-state index in [-0.39, 0.29) is 12.4 Å². The molecule has 20 heavy (non-hydrogen) atoms. The van der Waals surface area contributed by atoms with Crippen molar-refractivity contribution in [3.05, 3.63) is 39.9 Å². The standard InChI is InChI=1S/C15H19BrN2O2/c1-14(2,3)20-13(19)8-9-15(4,17-5)12-7-6-11(16)10-18-12/h6-7,10H,8-9H2,1-4H3. The molecule has 1 unspecified atom stereocenters. The number of halogens is 1. The van der Waals surface area contributed by atoms with E-state index in [1.165, 1.54) is 0 Å². The molecule has 0 saturated carbocycles. The van der Waals surface area contributed by atoms with Gasteiger partial charge >= 0.3 is 5.97 Å². The number of rotatable bonds is 4. The van der Waals surface area contributed by atoms with E-state index >= 15 is 0 Å². The molecule has 0 N–H and O–H groups in total. The molecule has 0 aromatic carbocycles. The van der Waals surface area contributed by atoms with Crippen LogP contribution < -0.4 is 0 Å². The van der Waals surface area contributed by atoms with Gasteiger partial charge in [-0.3, -0.25) is 9.78 Å². The predicted octanol–water partition coefficient (Wildman–Crippen LogP) is 4.10. The minimum absolute atomic E-state index is 0.202. The summed E-state index contributed by atoms with van der Waals surface area (Å²) in [6, 6.07) is 3.65. The third-order valence-corrected chi connectivity index (χ3v) is 3.23. The number of ether oxygens (including phenoxy) is 1. The highest BCUT2D eigenvalue weighted by molar-refractivity contribution is 9.10. The van der Waals surface area contributed by atoms with Crippen LogP contribution in [0.3, 0.4) is 0 Å². The zero-order valence-electron chi connectivity index (χ0n) is 12.2. The summed E-state index contributed by atoms with van der Waals surface area (Å²) in [4.78, 5) is 19.7. The molecular formula is C15H19BrN2O2. The molecule has 0 radical (unpaired) electrons. The highest BCUT2D eigenvalue weighted by Crippen LogP contribution is 2.30. The van der Waals surface area contributed by atoms with Gasteiger partial charge in [0, 0.05) is 24.0 Å². The average molecular weight is 339 g/mol. The van der Waals surface area contributed by atoms with Gasteiger partial charge in [-0.1, -0.05) is 0 Å². The van der Waals surface area contributed by atoms with Crippen LogP contribution in [0.1, 0.15) is 46.2 Å². The summed E-state index contributed by atoms with van der Waals surface area (Å²) in [5.74, 6) is -0.288. The molecule has 1 aromatic rings. The first-order valence-corrected chi connectivity index (χ1v) is 7.18. The highest BCUT2D eigenvalue weighted by Gasteiger charge is 2.35. The number of carbonyl (C=O) groups is 1. The number of pyridine rings is 1. The molecule has 0 spiro atoms. The molecule has 1 rings (SSSR count). The van der Waals surface area contributed by atoms with Gasteiger partial charge in [0.1, 0.15) is 11.3 Å². The maximum atomic E-state index is 11.8. The van der Waals surface area contributed by atoms with E-state index < -0.39 is 11.1 Å². The Hall–Kier alpha value is -1.41. The van der Waals surface area contributed by atoms with Gasteiger partial charge < -0.3 is 9.58 Å². The molecule has 0 amide bonds. The third-order valence-electron chi connectivity index (χ3n) is 2.76. The molecule has 0 aliphatic rings. The molecule has 1 atom stereocenters.